The van der Waals surface area contributed by atoms with E-state index in [1.807, 2.05) is 19.2 Å². The molecule has 1 saturated carbocycles. The lowest BCUT2D eigenvalue weighted by Crippen LogP contribution is -2.53. The fourth-order valence-corrected chi connectivity index (χ4v) is 5.61. The smallest absolute Gasteiger partial charge is 0.237 e. The number of hydrogen-bond donors (Lipinski definition) is 3. The molecule has 2 aliphatic rings. The Bertz CT molecular complexity index is 1090. The SMILES string of the molecule is CCC(C(=N)C(=O)C(NC(=O)C(C)NC)C1CCCCC1)c1cncc(N2CCc3ccccc32)c1. The van der Waals surface area contributed by atoms with Crippen molar-refractivity contribution in [1.82, 2.24) is 15.6 Å². The first-order chi connectivity index (χ1) is 17.4. The van der Waals surface area contributed by atoms with Gasteiger partial charge in [-0.3, -0.25) is 14.6 Å². The number of likely N-dealkylation sites (N-methyl/N-ethyl adjacent to an activating group) is 1. The molecule has 1 aliphatic heterocycles. The Balaban J connectivity index is 1.57. The van der Waals surface area contributed by atoms with Crippen LogP contribution >= 0.6 is 0 Å². The number of Topliss-reactive ketones (excluding diaryl/α,β-unsaturated/α-hetero) is 1. The minimum absolute atomic E-state index is 0.0613. The highest BCUT2D eigenvalue weighted by Gasteiger charge is 2.36. The Hall–Kier alpha value is -3.06. The largest absolute Gasteiger partial charge is 0.344 e. The van der Waals surface area contributed by atoms with Gasteiger partial charge >= 0.3 is 0 Å². The van der Waals surface area contributed by atoms with Crippen molar-refractivity contribution < 1.29 is 9.59 Å². The Labute approximate surface area is 214 Å². The average Bonchev–Trinajstić information content (AvgIpc) is 3.36. The second-order valence-corrected chi connectivity index (χ2v) is 10.1. The van der Waals surface area contributed by atoms with Crippen LogP contribution in [0, 0.1) is 11.3 Å². The highest BCUT2D eigenvalue weighted by molar-refractivity contribution is 6.42. The van der Waals surface area contributed by atoms with Crippen LogP contribution in [-0.4, -0.2) is 48.1 Å². The molecule has 192 valence electrons. The molecule has 1 amide bonds. The summed E-state index contributed by atoms with van der Waals surface area (Å²) in [5, 5.41) is 14.9. The van der Waals surface area contributed by atoms with Crippen LogP contribution in [0.5, 0.6) is 0 Å². The third kappa shape index (κ3) is 5.51. The fourth-order valence-electron chi connectivity index (χ4n) is 5.61. The molecule has 0 spiro atoms. The topological polar surface area (TPSA) is 98.2 Å². The van der Waals surface area contributed by atoms with Gasteiger partial charge in [0, 0.05) is 24.3 Å². The van der Waals surface area contributed by atoms with Crippen molar-refractivity contribution in [3.63, 3.8) is 0 Å². The normalized spacial score (nSPS) is 18.2. The van der Waals surface area contributed by atoms with Gasteiger partial charge in [0.2, 0.25) is 5.91 Å². The lowest BCUT2D eigenvalue weighted by Gasteiger charge is -2.32. The molecular weight excluding hydrogens is 450 g/mol. The van der Waals surface area contributed by atoms with Crippen molar-refractivity contribution in [3.8, 4) is 0 Å². The molecule has 1 aromatic heterocycles. The van der Waals surface area contributed by atoms with Crippen molar-refractivity contribution >= 4 is 28.8 Å². The molecule has 2 aromatic rings. The van der Waals surface area contributed by atoms with Crippen LogP contribution in [0.25, 0.3) is 0 Å². The van der Waals surface area contributed by atoms with Gasteiger partial charge in [-0.1, -0.05) is 44.4 Å². The van der Waals surface area contributed by atoms with Crippen LogP contribution in [-0.2, 0) is 16.0 Å². The van der Waals surface area contributed by atoms with E-state index < -0.39 is 12.1 Å². The Morgan fingerprint density at radius 2 is 1.92 bits per heavy atom. The Morgan fingerprint density at radius 1 is 1.17 bits per heavy atom. The second kappa shape index (κ2) is 11.8. The summed E-state index contributed by atoms with van der Waals surface area (Å²) in [6.45, 7) is 4.67. The van der Waals surface area contributed by atoms with E-state index in [4.69, 9.17) is 5.41 Å². The maximum absolute atomic E-state index is 13.8. The van der Waals surface area contributed by atoms with E-state index in [2.05, 4.69) is 44.8 Å². The molecule has 7 nitrogen and oxygen atoms in total. The Morgan fingerprint density at radius 3 is 2.64 bits per heavy atom. The lowest BCUT2D eigenvalue weighted by atomic mass is 9.78. The molecule has 1 aromatic carbocycles. The number of nitrogens with one attached hydrogen (secondary N) is 3. The van der Waals surface area contributed by atoms with Crippen LogP contribution in [0.2, 0.25) is 0 Å². The molecule has 7 heteroatoms. The minimum Gasteiger partial charge on any atom is -0.344 e. The number of benzene rings is 1. The van der Waals surface area contributed by atoms with Crippen LogP contribution in [0.15, 0.2) is 42.7 Å². The first kappa shape index (κ1) is 26.0. The highest BCUT2D eigenvalue weighted by Crippen LogP contribution is 2.36. The van der Waals surface area contributed by atoms with E-state index in [0.29, 0.717) is 6.42 Å². The lowest BCUT2D eigenvalue weighted by molar-refractivity contribution is -0.127. The van der Waals surface area contributed by atoms with E-state index >= 15 is 0 Å². The van der Waals surface area contributed by atoms with E-state index in [0.717, 1.165) is 56.3 Å². The minimum atomic E-state index is -0.656. The molecule has 0 bridgehead atoms. The summed E-state index contributed by atoms with van der Waals surface area (Å²) < 4.78 is 0. The number of amides is 1. The molecule has 0 radical (unpaired) electrons. The summed E-state index contributed by atoms with van der Waals surface area (Å²) in [7, 11) is 1.73. The zero-order chi connectivity index (χ0) is 25.7. The molecule has 3 N–H and O–H groups in total. The second-order valence-electron chi connectivity index (χ2n) is 10.1. The summed E-state index contributed by atoms with van der Waals surface area (Å²) in [4.78, 5) is 33.3. The highest BCUT2D eigenvalue weighted by atomic mass is 16.2. The standard InChI is InChI=1S/C29H39N5O2/c1-4-24(22-16-23(18-32-17-22)34-15-14-20-10-8-9-13-25(20)34)26(30)28(35)27(21-11-6-5-7-12-21)33-29(36)19(2)31-3/h8-10,13,16-19,21,24,27,30-31H,4-7,11-12,14-15H2,1-3H3,(H,33,36). The summed E-state index contributed by atoms with van der Waals surface area (Å²) in [6, 6.07) is 9.41. The summed E-state index contributed by atoms with van der Waals surface area (Å²) in [6.07, 6.45) is 10.3. The van der Waals surface area contributed by atoms with E-state index in [-0.39, 0.29) is 29.2 Å². The van der Waals surface area contributed by atoms with Crippen LogP contribution in [0.3, 0.4) is 0 Å². The number of hydrogen-bond acceptors (Lipinski definition) is 6. The molecular formula is C29H39N5O2. The van der Waals surface area contributed by atoms with Gasteiger partial charge in [0.1, 0.15) is 0 Å². The number of anilines is 2. The molecule has 1 aliphatic carbocycles. The van der Waals surface area contributed by atoms with Gasteiger partial charge in [-0.15, -0.1) is 0 Å². The third-order valence-corrected chi connectivity index (χ3v) is 7.90. The maximum Gasteiger partial charge on any atom is 0.237 e. The quantitative estimate of drug-likeness (QED) is 0.426. The van der Waals surface area contributed by atoms with E-state index in [1.165, 1.54) is 11.3 Å². The fraction of sp³-hybridized carbons (Fsp3) is 0.517. The monoisotopic (exact) mass is 489 g/mol. The number of pyridine rings is 1. The number of ketones is 1. The van der Waals surface area contributed by atoms with Crippen LogP contribution < -0.4 is 15.5 Å². The number of carbonyl (C=O) groups excluding carboxylic acids is 2. The molecule has 36 heavy (non-hydrogen) atoms. The van der Waals surface area contributed by atoms with Gasteiger partial charge in [-0.05, 0) is 68.8 Å². The number of rotatable bonds is 10. The number of carbonyl (C=O) groups is 2. The predicted octanol–water partition coefficient (Wildman–Crippen LogP) is 4.53. The summed E-state index contributed by atoms with van der Waals surface area (Å²) in [5.74, 6) is -0.754. The molecule has 4 rings (SSSR count). The van der Waals surface area contributed by atoms with Gasteiger partial charge < -0.3 is 20.9 Å². The molecule has 1 fully saturated rings. The number of aromatic nitrogens is 1. The maximum atomic E-state index is 13.8. The van der Waals surface area contributed by atoms with Gasteiger partial charge in [0.25, 0.3) is 0 Å². The third-order valence-electron chi connectivity index (χ3n) is 7.90. The van der Waals surface area contributed by atoms with Gasteiger partial charge in [0.15, 0.2) is 5.78 Å². The number of para-hydroxylation sites is 1. The Kier molecular flexibility index (Phi) is 8.52. The summed E-state index contributed by atoms with van der Waals surface area (Å²) >= 11 is 0. The number of nitrogens with zero attached hydrogens (tertiary/aromatic N) is 2. The molecule has 3 atom stereocenters. The molecule has 3 unspecified atom stereocenters. The first-order valence-corrected chi connectivity index (χ1v) is 13.3. The average molecular weight is 490 g/mol. The van der Waals surface area contributed by atoms with Gasteiger partial charge in [-0.25, -0.2) is 0 Å². The van der Waals surface area contributed by atoms with E-state index in [1.54, 1.807) is 20.2 Å². The van der Waals surface area contributed by atoms with Gasteiger partial charge in [-0.2, -0.15) is 0 Å². The van der Waals surface area contributed by atoms with E-state index in [9.17, 15) is 9.59 Å². The predicted molar refractivity (Wildman–Crippen MR) is 144 cm³/mol. The van der Waals surface area contributed by atoms with Crippen LogP contribution in [0.4, 0.5) is 11.4 Å². The van der Waals surface area contributed by atoms with Crippen LogP contribution in [0.1, 0.15) is 69.4 Å². The first-order valence-electron chi connectivity index (χ1n) is 13.3. The van der Waals surface area contributed by atoms with Crippen molar-refractivity contribution in [2.45, 2.75) is 76.8 Å². The summed E-state index contributed by atoms with van der Waals surface area (Å²) in [5.41, 5.74) is 4.42. The van der Waals surface area contributed by atoms with Crippen molar-refractivity contribution in [2.24, 2.45) is 5.92 Å². The molecule has 0 saturated heterocycles. The van der Waals surface area contributed by atoms with Crippen molar-refractivity contribution in [3.05, 3.63) is 53.9 Å². The zero-order valence-electron chi connectivity index (χ0n) is 21.7. The zero-order valence-corrected chi connectivity index (χ0v) is 21.7. The molecule has 2 heterocycles. The van der Waals surface area contributed by atoms with Gasteiger partial charge in [0.05, 0.1) is 29.7 Å². The van der Waals surface area contributed by atoms with Crippen molar-refractivity contribution in [1.29, 1.82) is 5.41 Å². The number of fused-ring (bicyclic) bond motifs is 1. The van der Waals surface area contributed by atoms with Crippen molar-refractivity contribution in [2.75, 3.05) is 18.5 Å².